The molecule has 102 valence electrons. The van der Waals surface area contributed by atoms with Crippen LogP contribution in [-0.2, 0) is 6.42 Å². The van der Waals surface area contributed by atoms with E-state index >= 15 is 0 Å². The van der Waals surface area contributed by atoms with Crippen molar-refractivity contribution in [3.63, 3.8) is 0 Å². The molecule has 0 saturated heterocycles. The molecule has 1 atom stereocenters. The third kappa shape index (κ3) is 3.33. The summed E-state index contributed by atoms with van der Waals surface area (Å²) in [4.78, 5) is 1.05. The second-order valence-electron chi connectivity index (χ2n) is 4.02. The van der Waals surface area contributed by atoms with Gasteiger partial charge in [0.2, 0.25) is 0 Å². The molecule has 19 heavy (non-hydrogen) atoms. The Morgan fingerprint density at radius 1 is 1.53 bits per heavy atom. The zero-order valence-corrected chi connectivity index (χ0v) is 12.7. The summed E-state index contributed by atoms with van der Waals surface area (Å²) in [7, 11) is 1.46. The summed E-state index contributed by atoms with van der Waals surface area (Å²) in [5.74, 6) is 5.49. The average molecular weight is 345 g/mol. The van der Waals surface area contributed by atoms with Gasteiger partial charge in [-0.25, -0.2) is 4.39 Å². The molecule has 0 saturated carbocycles. The monoisotopic (exact) mass is 344 g/mol. The van der Waals surface area contributed by atoms with Crippen molar-refractivity contribution < 1.29 is 9.13 Å². The first-order valence-electron chi connectivity index (χ1n) is 5.67. The summed E-state index contributed by atoms with van der Waals surface area (Å²) in [6.07, 6.45) is 0.465. The van der Waals surface area contributed by atoms with E-state index < -0.39 is 0 Å². The number of ether oxygens (including phenoxy) is 1. The van der Waals surface area contributed by atoms with E-state index in [2.05, 4.69) is 21.4 Å². The molecule has 0 radical (unpaired) electrons. The summed E-state index contributed by atoms with van der Waals surface area (Å²) in [6.45, 7) is 0. The lowest BCUT2D eigenvalue weighted by Gasteiger charge is -2.15. The number of hydrogen-bond acceptors (Lipinski definition) is 4. The van der Waals surface area contributed by atoms with E-state index in [9.17, 15) is 4.39 Å². The molecule has 1 unspecified atom stereocenters. The van der Waals surface area contributed by atoms with Gasteiger partial charge >= 0.3 is 0 Å². The summed E-state index contributed by atoms with van der Waals surface area (Å²) in [6, 6.07) is 6.97. The lowest BCUT2D eigenvalue weighted by molar-refractivity contribution is 0.382. The molecule has 3 N–H and O–H groups in total. The van der Waals surface area contributed by atoms with Gasteiger partial charge in [-0.3, -0.25) is 11.3 Å². The van der Waals surface area contributed by atoms with Gasteiger partial charge in [-0.05, 0) is 40.0 Å². The van der Waals surface area contributed by atoms with Gasteiger partial charge in [0.25, 0.3) is 0 Å². The number of nitrogens with one attached hydrogen (secondary N) is 1. The fourth-order valence-corrected chi connectivity index (χ4v) is 3.35. The maximum absolute atomic E-state index is 14.1. The number of hydrogen-bond donors (Lipinski definition) is 2. The molecule has 1 aromatic heterocycles. The minimum absolute atomic E-state index is 0.127. The van der Waals surface area contributed by atoms with Crippen LogP contribution >= 0.6 is 27.3 Å². The van der Waals surface area contributed by atoms with E-state index in [-0.39, 0.29) is 17.6 Å². The first kappa shape index (κ1) is 14.5. The van der Waals surface area contributed by atoms with E-state index in [1.807, 2.05) is 11.4 Å². The Bertz CT molecular complexity index is 561. The van der Waals surface area contributed by atoms with E-state index in [0.717, 1.165) is 9.35 Å². The van der Waals surface area contributed by atoms with Crippen molar-refractivity contribution in [1.29, 1.82) is 0 Å². The molecule has 1 heterocycles. The van der Waals surface area contributed by atoms with E-state index in [4.69, 9.17) is 10.6 Å². The van der Waals surface area contributed by atoms with Crippen LogP contribution in [0.5, 0.6) is 5.75 Å². The van der Waals surface area contributed by atoms with Crippen molar-refractivity contribution in [2.45, 2.75) is 12.5 Å². The predicted octanol–water partition coefficient (Wildman–Crippen LogP) is 3.41. The molecule has 0 aliphatic heterocycles. The Hall–Kier alpha value is -0.950. The third-order valence-electron chi connectivity index (χ3n) is 2.82. The van der Waals surface area contributed by atoms with Crippen LogP contribution in [0.4, 0.5) is 4.39 Å². The van der Waals surface area contributed by atoms with Crippen LogP contribution in [0.2, 0.25) is 0 Å². The molecule has 0 aliphatic rings. The highest BCUT2D eigenvalue weighted by molar-refractivity contribution is 9.10. The van der Waals surface area contributed by atoms with Crippen LogP contribution in [-0.4, -0.2) is 7.11 Å². The quantitative estimate of drug-likeness (QED) is 0.645. The zero-order chi connectivity index (χ0) is 13.8. The largest absolute Gasteiger partial charge is 0.494 e. The number of thiophene rings is 1. The van der Waals surface area contributed by atoms with E-state index in [0.29, 0.717) is 12.0 Å². The van der Waals surface area contributed by atoms with Gasteiger partial charge in [0.15, 0.2) is 11.6 Å². The summed E-state index contributed by atoms with van der Waals surface area (Å²) in [5, 5.41) is 1.97. The van der Waals surface area contributed by atoms with Crippen LogP contribution in [0.3, 0.4) is 0 Å². The topological polar surface area (TPSA) is 47.3 Å². The van der Waals surface area contributed by atoms with Crippen molar-refractivity contribution in [2.75, 3.05) is 7.11 Å². The zero-order valence-electron chi connectivity index (χ0n) is 10.3. The van der Waals surface area contributed by atoms with Gasteiger partial charge in [0.1, 0.15) is 0 Å². The number of hydrazine groups is 1. The molecule has 0 fully saturated rings. The van der Waals surface area contributed by atoms with Crippen molar-refractivity contribution in [2.24, 2.45) is 5.84 Å². The Balaban J connectivity index is 2.23. The molecule has 2 aromatic rings. The molecule has 0 amide bonds. The lowest BCUT2D eigenvalue weighted by Crippen LogP contribution is -2.29. The van der Waals surface area contributed by atoms with Gasteiger partial charge in [-0.15, -0.1) is 11.3 Å². The standard InChI is InChI=1S/C13H14BrFN2OS/c1-18-11-4-2-3-8(13(11)15)5-10(17-16)12-6-9(14)7-19-12/h2-4,6-7,10,17H,5,16H2,1H3. The van der Waals surface area contributed by atoms with Gasteiger partial charge in [-0.1, -0.05) is 12.1 Å². The Labute approximate surface area is 123 Å². The van der Waals surface area contributed by atoms with Crippen LogP contribution in [0.15, 0.2) is 34.1 Å². The number of rotatable bonds is 5. The fourth-order valence-electron chi connectivity index (χ4n) is 1.84. The van der Waals surface area contributed by atoms with Crippen molar-refractivity contribution in [3.8, 4) is 5.75 Å². The highest BCUT2D eigenvalue weighted by Crippen LogP contribution is 2.29. The van der Waals surface area contributed by atoms with Crippen molar-refractivity contribution in [1.82, 2.24) is 5.43 Å². The predicted molar refractivity (Wildman–Crippen MR) is 78.7 cm³/mol. The first-order valence-corrected chi connectivity index (χ1v) is 7.34. The average Bonchev–Trinajstić information content (AvgIpc) is 2.84. The molecule has 2 rings (SSSR count). The molecule has 1 aromatic carbocycles. The number of halogens is 2. The number of methoxy groups -OCH3 is 1. The van der Waals surface area contributed by atoms with Gasteiger partial charge < -0.3 is 4.74 Å². The molecule has 6 heteroatoms. The smallest absolute Gasteiger partial charge is 0.168 e. The molecule has 0 bridgehead atoms. The molecule has 0 aliphatic carbocycles. The van der Waals surface area contributed by atoms with Gasteiger partial charge in [0, 0.05) is 14.7 Å². The van der Waals surface area contributed by atoms with E-state index in [1.54, 1.807) is 29.5 Å². The Morgan fingerprint density at radius 3 is 2.89 bits per heavy atom. The minimum Gasteiger partial charge on any atom is -0.494 e. The van der Waals surface area contributed by atoms with Gasteiger partial charge in [-0.2, -0.15) is 0 Å². The fraction of sp³-hybridized carbons (Fsp3) is 0.231. The molecular weight excluding hydrogens is 331 g/mol. The van der Waals surface area contributed by atoms with Crippen LogP contribution in [0, 0.1) is 5.82 Å². The van der Waals surface area contributed by atoms with Crippen LogP contribution in [0.25, 0.3) is 0 Å². The number of nitrogens with two attached hydrogens (primary N) is 1. The minimum atomic E-state index is -0.333. The van der Waals surface area contributed by atoms with E-state index in [1.165, 1.54) is 7.11 Å². The maximum Gasteiger partial charge on any atom is 0.168 e. The molecular formula is C13H14BrFN2OS. The highest BCUT2D eigenvalue weighted by atomic mass is 79.9. The second-order valence-corrected chi connectivity index (χ2v) is 5.88. The second kappa shape index (κ2) is 6.47. The summed E-state index contributed by atoms with van der Waals surface area (Å²) >= 11 is 4.97. The SMILES string of the molecule is COc1cccc(CC(NN)c2cc(Br)cs2)c1F. The summed E-state index contributed by atoms with van der Waals surface area (Å²) < 4.78 is 20.1. The van der Waals surface area contributed by atoms with Crippen molar-refractivity contribution in [3.05, 3.63) is 50.4 Å². The third-order valence-corrected chi connectivity index (χ3v) is 4.63. The Kier molecular flexibility index (Phi) is 4.93. The Morgan fingerprint density at radius 2 is 2.32 bits per heavy atom. The maximum atomic E-state index is 14.1. The highest BCUT2D eigenvalue weighted by Gasteiger charge is 2.16. The van der Waals surface area contributed by atoms with Crippen LogP contribution in [0.1, 0.15) is 16.5 Å². The first-order chi connectivity index (χ1) is 9.15. The lowest BCUT2D eigenvalue weighted by atomic mass is 10.0. The summed E-state index contributed by atoms with van der Waals surface area (Å²) in [5.41, 5.74) is 3.30. The van der Waals surface area contributed by atoms with Gasteiger partial charge in [0.05, 0.1) is 13.2 Å². The van der Waals surface area contributed by atoms with Crippen LogP contribution < -0.4 is 16.0 Å². The molecule has 0 spiro atoms. The number of benzene rings is 1. The molecule has 3 nitrogen and oxygen atoms in total. The van der Waals surface area contributed by atoms with Crippen molar-refractivity contribution >= 4 is 27.3 Å². The normalized spacial score (nSPS) is 12.4.